The van der Waals surface area contributed by atoms with Crippen molar-refractivity contribution in [1.29, 1.82) is 0 Å². The van der Waals surface area contributed by atoms with Crippen LogP contribution in [0.1, 0.15) is 40.2 Å². The molecule has 0 aliphatic heterocycles. The van der Waals surface area contributed by atoms with E-state index in [2.05, 4.69) is 0 Å². The zero-order valence-electron chi connectivity index (χ0n) is 8.64. The molecule has 1 aliphatic carbocycles. The zero-order valence-corrected chi connectivity index (χ0v) is 8.64. The van der Waals surface area contributed by atoms with Gasteiger partial charge >= 0.3 is 11.9 Å². The second-order valence-electron chi connectivity index (χ2n) is 3.97. The summed E-state index contributed by atoms with van der Waals surface area (Å²) in [5, 5.41) is 18.1. The average molecular weight is 220 g/mol. The van der Waals surface area contributed by atoms with Gasteiger partial charge in [0.05, 0.1) is 11.5 Å². The number of rotatable bonds is 2. The minimum absolute atomic E-state index is 0.129. The molecule has 0 saturated carbocycles. The van der Waals surface area contributed by atoms with Gasteiger partial charge in [0.2, 0.25) is 0 Å². The lowest BCUT2D eigenvalue weighted by atomic mass is 9.80. The van der Waals surface area contributed by atoms with E-state index in [1.807, 2.05) is 6.07 Å². The average Bonchev–Trinajstić information content (AvgIpc) is 2.27. The Bertz CT molecular complexity index is 450. The van der Waals surface area contributed by atoms with Crippen LogP contribution in [0, 0.1) is 0 Å². The van der Waals surface area contributed by atoms with Crippen LogP contribution < -0.4 is 0 Å². The minimum Gasteiger partial charge on any atom is -0.481 e. The summed E-state index contributed by atoms with van der Waals surface area (Å²) >= 11 is 0. The lowest BCUT2D eigenvalue weighted by molar-refractivity contribution is -0.139. The number of aliphatic carboxylic acids is 1. The van der Waals surface area contributed by atoms with E-state index in [4.69, 9.17) is 10.2 Å². The smallest absolute Gasteiger partial charge is 0.335 e. The monoisotopic (exact) mass is 220 g/mol. The van der Waals surface area contributed by atoms with Gasteiger partial charge in [-0.15, -0.1) is 0 Å². The van der Waals surface area contributed by atoms with Crippen LogP contribution >= 0.6 is 0 Å². The van der Waals surface area contributed by atoms with Crippen molar-refractivity contribution in [3.63, 3.8) is 0 Å². The van der Waals surface area contributed by atoms with Gasteiger partial charge in [0.15, 0.2) is 0 Å². The van der Waals surface area contributed by atoms with E-state index in [9.17, 15) is 9.59 Å². The standard InChI is InChI=1S/C12H12O4/c13-11(14)8-5-1-3-7-4-2-6-9(10(7)8)12(15)16/h1,3,5,9H,2,4,6H2,(H,13,14)(H,15,16)/t9-/m1/s1. The van der Waals surface area contributed by atoms with Gasteiger partial charge in [-0.25, -0.2) is 4.79 Å². The van der Waals surface area contributed by atoms with Gasteiger partial charge in [-0.3, -0.25) is 4.79 Å². The summed E-state index contributed by atoms with van der Waals surface area (Å²) in [4.78, 5) is 22.1. The number of carboxylic acids is 2. The molecule has 0 saturated heterocycles. The Hall–Kier alpha value is -1.84. The minimum atomic E-state index is -1.05. The molecule has 0 radical (unpaired) electrons. The SMILES string of the molecule is O=C(O)c1cccc2c1[C@H](C(=O)O)CCC2. The summed E-state index contributed by atoms with van der Waals surface area (Å²) in [6, 6.07) is 4.96. The van der Waals surface area contributed by atoms with Crippen LogP contribution in [0.5, 0.6) is 0 Å². The van der Waals surface area contributed by atoms with Crippen LogP contribution in [-0.2, 0) is 11.2 Å². The van der Waals surface area contributed by atoms with E-state index < -0.39 is 17.9 Å². The number of aryl methyl sites for hydroxylation is 1. The third-order valence-corrected chi connectivity index (χ3v) is 3.01. The highest BCUT2D eigenvalue weighted by Crippen LogP contribution is 2.34. The number of benzene rings is 1. The van der Waals surface area contributed by atoms with E-state index in [1.165, 1.54) is 6.07 Å². The molecule has 0 bridgehead atoms. The molecule has 0 spiro atoms. The van der Waals surface area contributed by atoms with Gasteiger partial charge in [0.25, 0.3) is 0 Å². The van der Waals surface area contributed by atoms with E-state index in [0.717, 1.165) is 18.4 Å². The molecule has 0 aromatic heterocycles. The first kappa shape index (κ1) is 10.7. The van der Waals surface area contributed by atoms with Crippen LogP contribution in [0.25, 0.3) is 0 Å². The quantitative estimate of drug-likeness (QED) is 0.798. The molecule has 1 atom stereocenters. The van der Waals surface area contributed by atoms with Crippen molar-refractivity contribution >= 4 is 11.9 Å². The number of fused-ring (bicyclic) bond motifs is 1. The van der Waals surface area contributed by atoms with Crippen molar-refractivity contribution in [3.8, 4) is 0 Å². The molecule has 0 amide bonds. The number of carbonyl (C=O) groups is 2. The Morgan fingerprint density at radius 1 is 1.25 bits per heavy atom. The molecule has 2 N–H and O–H groups in total. The Morgan fingerprint density at radius 2 is 2.00 bits per heavy atom. The van der Waals surface area contributed by atoms with E-state index in [-0.39, 0.29) is 5.56 Å². The molecule has 0 unspecified atom stereocenters. The largest absolute Gasteiger partial charge is 0.481 e. The van der Waals surface area contributed by atoms with Crippen LogP contribution in [-0.4, -0.2) is 22.2 Å². The second-order valence-corrected chi connectivity index (χ2v) is 3.97. The predicted octanol–water partition coefficient (Wildman–Crippen LogP) is 1.89. The lowest BCUT2D eigenvalue weighted by Crippen LogP contribution is -2.21. The summed E-state index contributed by atoms with van der Waals surface area (Å²) in [7, 11) is 0. The molecular weight excluding hydrogens is 208 g/mol. The zero-order chi connectivity index (χ0) is 11.7. The molecule has 1 aromatic rings. The van der Waals surface area contributed by atoms with Crippen LogP contribution in [0.2, 0.25) is 0 Å². The first-order valence-electron chi connectivity index (χ1n) is 5.19. The maximum atomic E-state index is 11.1. The highest BCUT2D eigenvalue weighted by molar-refractivity contribution is 5.92. The third kappa shape index (κ3) is 1.66. The van der Waals surface area contributed by atoms with Crippen molar-refractivity contribution in [3.05, 3.63) is 34.9 Å². The summed E-state index contributed by atoms with van der Waals surface area (Å²) < 4.78 is 0. The molecule has 0 heterocycles. The van der Waals surface area contributed by atoms with Gasteiger partial charge in [-0.1, -0.05) is 12.1 Å². The number of hydrogen-bond acceptors (Lipinski definition) is 2. The van der Waals surface area contributed by atoms with Crippen molar-refractivity contribution in [1.82, 2.24) is 0 Å². The lowest BCUT2D eigenvalue weighted by Gasteiger charge is -2.23. The first-order valence-corrected chi connectivity index (χ1v) is 5.19. The van der Waals surface area contributed by atoms with E-state index >= 15 is 0 Å². The summed E-state index contributed by atoms with van der Waals surface area (Å²) in [6.45, 7) is 0. The summed E-state index contributed by atoms with van der Waals surface area (Å²) in [5.74, 6) is -2.66. The van der Waals surface area contributed by atoms with E-state index in [0.29, 0.717) is 12.0 Å². The third-order valence-electron chi connectivity index (χ3n) is 3.01. The van der Waals surface area contributed by atoms with Gasteiger partial charge < -0.3 is 10.2 Å². The molecular formula is C12H12O4. The molecule has 84 valence electrons. The number of hydrogen-bond donors (Lipinski definition) is 2. The van der Waals surface area contributed by atoms with Crippen molar-refractivity contribution < 1.29 is 19.8 Å². The number of carboxylic acid groups (broad SMARTS) is 2. The predicted molar refractivity (Wildman–Crippen MR) is 56.7 cm³/mol. The topological polar surface area (TPSA) is 74.6 Å². The molecule has 1 aliphatic rings. The maximum absolute atomic E-state index is 11.1. The van der Waals surface area contributed by atoms with Crippen LogP contribution in [0.3, 0.4) is 0 Å². The Morgan fingerprint density at radius 3 is 2.62 bits per heavy atom. The Labute approximate surface area is 92.5 Å². The highest BCUT2D eigenvalue weighted by Gasteiger charge is 2.30. The van der Waals surface area contributed by atoms with Crippen molar-refractivity contribution in [2.24, 2.45) is 0 Å². The van der Waals surface area contributed by atoms with Gasteiger partial charge in [-0.2, -0.15) is 0 Å². The maximum Gasteiger partial charge on any atom is 0.335 e. The fourth-order valence-electron chi connectivity index (χ4n) is 2.32. The van der Waals surface area contributed by atoms with Gasteiger partial charge in [-0.05, 0) is 36.5 Å². The molecule has 0 fully saturated rings. The molecule has 1 aromatic carbocycles. The molecule has 2 rings (SSSR count). The van der Waals surface area contributed by atoms with Gasteiger partial charge in [0.1, 0.15) is 0 Å². The normalized spacial score (nSPS) is 18.9. The van der Waals surface area contributed by atoms with Crippen LogP contribution in [0.15, 0.2) is 18.2 Å². The Kier molecular flexibility index (Phi) is 2.64. The van der Waals surface area contributed by atoms with Crippen molar-refractivity contribution in [2.75, 3.05) is 0 Å². The molecule has 4 nitrogen and oxygen atoms in total. The second kappa shape index (κ2) is 3.96. The summed E-state index contributed by atoms with van der Waals surface area (Å²) in [6.07, 6.45) is 2.08. The fraction of sp³-hybridized carbons (Fsp3) is 0.333. The number of aromatic carboxylic acids is 1. The first-order chi connectivity index (χ1) is 7.61. The summed E-state index contributed by atoms with van der Waals surface area (Å²) in [5.41, 5.74) is 1.48. The molecule has 4 heteroatoms. The fourth-order valence-corrected chi connectivity index (χ4v) is 2.32. The molecule has 16 heavy (non-hydrogen) atoms. The van der Waals surface area contributed by atoms with Crippen molar-refractivity contribution in [2.45, 2.75) is 25.2 Å². The van der Waals surface area contributed by atoms with Gasteiger partial charge in [0, 0.05) is 0 Å². The van der Waals surface area contributed by atoms with Crippen LogP contribution in [0.4, 0.5) is 0 Å². The highest BCUT2D eigenvalue weighted by atomic mass is 16.4. The van der Waals surface area contributed by atoms with E-state index in [1.54, 1.807) is 6.07 Å². The Balaban J connectivity index is 2.59.